The van der Waals surface area contributed by atoms with Crippen molar-refractivity contribution in [2.24, 2.45) is 5.41 Å². The number of nitro groups is 1. The second kappa shape index (κ2) is 8.72. The molecule has 0 bridgehead atoms. The Kier molecular flexibility index (Phi) is 5.70. The van der Waals surface area contributed by atoms with Crippen molar-refractivity contribution in [3.05, 3.63) is 69.5 Å². The van der Waals surface area contributed by atoms with Gasteiger partial charge in [0, 0.05) is 49.4 Å². The van der Waals surface area contributed by atoms with Gasteiger partial charge in [-0.3, -0.25) is 14.9 Å². The zero-order chi connectivity index (χ0) is 24.7. The van der Waals surface area contributed by atoms with Crippen molar-refractivity contribution in [3.8, 4) is 0 Å². The van der Waals surface area contributed by atoms with Crippen molar-refractivity contribution in [1.82, 2.24) is 9.80 Å². The summed E-state index contributed by atoms with van der Waals surface area (Å²) in [6.07, 6.45) is 2.56. The van der Waals surface area contributed by atoms with Crippen molar-refractivity contribution >= 4 is 34.3 Å². The number of rotatable bonds is 3. The Hall–Kier alpha value is -3.88. The predicted octanol–water partition coefficient (Wildman–Crippen LogP) is 5.12. The Morgan fingerprint density at radius 2 is 1.71 bits per heavy atom. The molecule has 182 valence electrons. The predicted molar refractivity (Wildman–Crippen MR) is 132 cm³/mol. The van der Waals surface area contributed by atoms with Crippen molar-refractivity contribution in [1.29, 1.82) is 0 Å². The zero-order valence-electron chi connectivity index (χ0n) is 19.9. The maximum atomic E-state index is 13.1. The van der Waals surface area contributed by atoms with Crippen LogP contribution in [-0.2, 0) is 0 Å². The van der Waals surface area contributed by atoms with Crippen LogP contribution in [0.3, 0.4) is 0 Å². The lowest BCUT2D eigenvalue weighted by Crippen LogP contribution is -2.46. The van der Waals surface area contributed by atoms with Gasteiger partial charge in [0.2, 0.25) is 0 Å². The number of likely N-dealkylation sites (tertiary alicyclic amines) is 2. The maximum absolute atomic E-state index is 13.1. The molecule has 9 nitrogen and oxygen atoms in total. The summed E-state index contributed by atoms with van der Waals surface area (Å²) in [4.78, 5) is 40.1. The van der Waals surface area contributed by atoms with E-state index in [2.05, 4.69) is 5.32 Å². The average Bonchev–Trinajstić information content (AvgIpc) is 3.45. The van der Waals surface area contributed by atoms with Gasteiger partial charge < -0.3 is 19.5 Å². The van der Waals surface area contributed by atoms with Gasteiger partial charge in [-0.15, -0.1) is 0 Å². The molecule has 3 aromatic rings. The number of fused-ring (bicyclic) bond motifs is 1. The Morgan fingerprint density at radius 1 is 1.00 bits per heavy atom. The Labute approximate surface area is 202 Å². The number of hydrogen-bond donors (Lipinski definition) is 1. The van der Waals surface area contributed by atoms with Crippen LogP contribution in [0.25, 0.3) is 11.0 Å². The topological polar surface area (TPSA) is 109 Å². The molecule has 2 saturated heterocycles. The minimum absolute atomic E-state index is 0.00296. The first-order valence-electron chi connectivity index (χ1n) is 11.8. The number of furan rings is 1. The first kappa shape index (κ1) is 22.9. The second-order valence-electron chi connectivity index (χ2n) is 9.80. The van der Waals surface area contributed by atoms with E-state index < -0.39 is 4.92 Å². The van der Waals surface area contributed by atoms with E-state index in [0.29, 0.717) is 37.1 Å². The van der Waals surface area contributed by atoms with Crippen LogP contribution >= 0.6 is 0 Å². The third-order valence-corrected chi connectivity index (χ3v) is 7.38. The van der Waals surface area contributed by atoms with Crippen LogP contribution in [0.15, 0.2) is 46.9 Å². The summed E-state index contributed by atoms with van der Waals surface area (Å²) in [5, 5.41) is 14.6. The quantitative estimate of drug-likeness (QED) is 0.417. The highest BCUT2D eigenvalue weighted by molar-refractivity contribution is 5.96. The average molecular weight is 477 g/mol. The fraction of sp³-hybridized carbons (Fsp3) is 0.385. The first-order valence-corrected chi connectivity index (χ1v) is 11.8. The van der Waals surface area contributed by atoms with Gasteiger partial charge in [0.25, 0.3) is 11.6 Å². The van der Waals surface area contributed by atoms with Gasteiger partial charge in [-0.25, -0.2) is 4.79 Å². The van der Waals surface area contributed by atoms with Gasteiger partial charge in [-0.05, 0) is 62.3 Å². The Bertz CT molecular complexity index is 1320. The third-order valence-electron chi connectivity index (χ3n) is 7.38. The Balaban J connectivity index is 1.20. The van der Waals surface area contributed by atoms with E-state index in [1.165, 1.54) is 18.2 Å². The molecule has 3 heterocycles. The molecule has 2 fully saturated rings. The summed E-state index contributed by atoms with van der Waals surface area (Å²) in [7, 11) is 0. The lowest BCUT2D eigenvalue weighted by atomic mass is 9.78. The number of anilines is 1. The van der Waals surface area contributed by atoms with Crippen molar-refractivity contribution in [2.45, 2.75) is 33.1 Å². The van der Waals surface area contributed by atoms with Gasteiger partial charge in [-0.1, -0.05) is 17.7 Å². The number of amides is 3. The normalized spacial score (nSPS) is 17.2. The second-order valence-corrected chi connectivity index (χ2v) is 9.80. The smallest absolute Gasteiger partial charge is 0.321 e. The number of nitrogens with one attached hydrogen (secondary N) is 1. The molecule has 0 atom stereocenters. The van der Waals surface area contributed by atoms with E-state index in [1.807, 2.05) is 36.9 Å². The molecule has 2 aliphatic heterocycles. The molecule has 3 amide bonds. The van der Waals surface area contributed by atoms with Gasteiger partial charge >= 0.3 is 6.03 Å². The number of nitrogens with zero attached hydrogens (tertiary/aromatic N) is 3. The van der Waals surface area contributed by atoms with E-state index in [9.17, 15) is 19.7 Å². The highest BCUT2D eigenvalue weighted by Crippen LogP contribution is 2.41. The first-order chi connectivity index (χ1) is 16.7. The standard InChI is InChI=1S/C26H28N4O5/c1-17-3-5-21(18(2)13-17)27-25(32)28-10-7-26(8-11-28)9-12-29(16-26)24(31)23-15-19-14-20(30(33)34)4-6-22(19)35-23/h3-6,13-15H,7-12,16H2,1-2H3,(H,27,32). The van der Waals surface area contributed by atoms with Crippen LogP contribution in [0.2, 0.25) is 0 Å². The molecule has 1 N–H and O–H groups in total. The van der Waals surface area contributed by atoms with Crippen LogP contribution < -0.4 is 5.32 Å². The number of benzene rings is 2. The minimum atomic E-state index is -0.466. The van der Waals surface area contributed by atoms with Crippen LogP contribution in [0.5, 0.6) is 0 Å². The van der Waals surface area contributed by atoms with Gasteiger partial charge in [0.1, 0.15) is 5.58 Å². The number of urea groups is 1. The summed E-state index contributed by atoms with van der Waals surface area (Å²) < 4.78 is 5.70. The van der Waals surface area contributed by atoms with E-state index in [0.717, 1.165) is 36.1 Å². The zero-order valence-corrected chi connectivity index (χ0v) is 19.9. The van der Waals surface area contributed by atoms with Gasteiger partial charge in [0.05, 0.1) is 4.92 Å². The van der Waals surface area contributed by atoms with E-state index >= 15 is 0 Å². The highest BCUT2D eigenvalue weighted by Gasteiger charge is 2.43. The van der Waals surface area contributed by atoms with Crippen LogP contribution in [0, 0.1) is 29.4 Å². The molecular formula is C26H28N4O5. The van der Waals surface area contributed by atoms with Crippen LogP contribution in [0.4, 0.5) is 16.2 Å². The molecule has 5 rings (SSSR count). The van der Waals surface area contributed by atoms with E-state index in [-0.39, 0.29) is 28.8 Å². The molecule has 1 spiro atoms. The Morgan fingerprint density at radius 3 is 2.40 bits per heavy atom. The summed E-state index contributed by atoms with van der Waals surface area (Å²) in [5.41, 5.74) is 3.44. The summed E-state index contributed by atoms with van der Waals surface area (Å²) >= 11 is 0. The largest absolute Gasteiger partial charge is 0.451 e. The monoisotopic (exact) mass is 476 g/mol. The lowest BCUT2D eigenvalue weighted by molar-refractivity contribution is -0.384. The highest BCUT2D eigenvalue weighted by atomic mass is 16.6. The summed E-state index contributed by atoms with van der Waals surface area (Å²) in [6, 6.07) is 11.8. The molecule has 0 radical (unpaired) electrons. The fourth-order valence-corrected chi connectivity index (χ4v) is 5.25. The van der Waals surface area contributed by atoms with E-state index in [4.69, 9.17) is 4.42 Å². The SMILES string of the molecule is Cc1ccc(NC(=O)N2CCC3(CC2)CCN(C(=O)c2cc4cc([N+](=O)[O-])ccc4o2)C3)c(C)c1. The molecule has 0 saturated carbocycles. The number of hydrogen-bond acceptors (Lipinski definition) is 5. The molecule has 2 aromatic carbocycles. The minimum Gasteiger partial charge on any atom is -0.451 e. The molecule has 35 heavy (non-hydrogen) atoms. The van der Waals surface area contributed by atoms with Crippen LogP contribution in [-0.4, -0.2) is 52.8 Å². The van der Waals surface area contributed by atoms with E-state index in [1.54, 1.807) is 11.0 Å². The third kappa shape index (κ3) is 4.45. The van der Waals surface area contributed by atoms with Crippen molar-refractivity contribution in [3.63, 3.8) is 0 Å². The number of aryl methyl sites for hydroxylation is 2. The molecule has 0 aliphatic carbocycles. The molecule has 9 heteroatoms. The number of carbonyl (C=O) groups is 2. The number of piperidine rings is 1. The molecule has 0 unspecified atom stereocenters. The van der Waals surface area contributed by atoms with Gasteiger partial charge in [0.15, 0.2) is 5.76 Å². The van der Waals surface area contributed by atoms with Gasteiger partial charge in [-0.2, -0.15) is 0 Å². The van der Waals surface area contributed by atoms with Crippen molar-refractivity contribution in [2.75, 3.05) is 31.5 Å². The van der Waals surface area contributed by atoms with Crippen molar-refractivity contribution < 1.29 is 18.9 Å². The summed E-state index contributed by atoms with van der Waals surface area (Å²) in [6.45, 7) is 6.56. The lowest BCUT2D eigenvalue weighted by Gasteiger charge is -2.39. The van der Waals surface area contributed by atoms with Crippen LogP contribution in [0.1, 0.15) is 40.9 Å². The number of nitro benzene ring substituents is 1. The number of non-ortho nitro benzene ring substituents is 1. The summed E-state index contributed by atoms with van der Waals surface area (Å²) in [5.74, 6) is -0.00132. The maximum Gasteiger partial charge on any atom is 0.321 e. The fourth-order valence-electron chi connectivity index (χ4n) is 5.25. The molecule has 2 aliphatic rings. The number of carbonyl (C=O) groups excluding carboxylic acids is 2. The molecule has 1 aromatic heterocycles. The molecular weight excluding hydrogens is 448 g/mol.